The molecule has 0 spiro atoms. The molecular weight excluding hydrogens is 318 g/mol. The molecule has 0 aromatic heterocycles. The molecule has 2 aliphatic rings. The Morgan fingerprint density at radius 1 is 1.08 bits per heavy atom. The Kier molecular flexibility index (Phi) is 12.7. The monoisotopic (exact) mass is 354 g/mol. The van der Waals surface area contributed by atoms with Crippen molar-refractivity contribution in [2.24, 2.45) is 0 Å². The quantitative estimate of drug-likeness (QED) is 0.380. The lowest BCUT2D eigenvalue weighted by Crippen LogP contribution is -2.31. The van der Waals surface area contributed by atoms with Crippen LogP contribution in [-0.2, 0) is 0 Å². The average molecular weight is 355 g/mol. The Balaban J connectivity index is 0.000000402. The summed E-state index contributed by atoms with van der Waals surface area (Å²) in [4.78, 5) is 3.81. The van der Waals surface area contributed by atoms with Crippen LogP contribution in [0.25, 0.3) is 11.0 Å². The van der Waals surface area contributed by atoms with E-state index in [-0.39, 0.29) is 0 Å². The maximum atomic E-state index is 3.81. The zero-order chi connectivity index (χ0) is 19.8. The van der Waals surface area contributed by atoms with Gasteiger partial charge in [0.05, 0.1) is 4.95 Å². The van der Waals surface area contributed by atoms with Gasteiger partial charge in [0.15, 0.2) is 0 Å². The van der Waals surface area contributed by atoms with Crippen molar-refractivity contribution in [2.75, 3.05) is 7.05 Å². The fraction of sp³-hybridized carbons (Fsp3) is 0.435. The molecule has 1 aromatic rings. The van der Waals surface area contributed by atoms with E-state index >= 15 is 0 Å². The molecule has 0 bridgehead atoms. The van der Waals surface area contributed by atoms with Crippen molar-refractivity contribution in [1.29, 1.82) is 0 Å². The van der Waals surface area contributed by atoms with Gasteiger partial charge in [-0.3, -0.25) is 0 Å². The molecule has 142 valence electrons. The van der Waals surface area contributed by atoms with Crippen molar-refractivity contribution >= 4 is 6.08 Å². The van der Waals surface area contributed by atoms with Gasteiger partial charge in [0, 0.05) is 5.54 Å². The van der Waals surface area contributed by atoms with Crippen molar-refractivity contribution in [1.82, 2.24) is 10.3 Å². The molecule has 3 nitrogen and oxygen atoms in total. The molecule has 0 atom stereocenters. The summed E-state index contributed by atoms with van der Waals surface area (Å²) >= 11 is 0. The molecule has 1 N–H and O–H groups in total. The van der Waals surface area contributed by atoms with Crippen molar-refractivity contribution < 1.29 is 0 Å². The number of nitrogens with one attached hydrogen (secondary N) is 1. The van der Waals surface area contributed by atoms with Gasteiger partial charge in [-0.25, -0.2) is 0 Å². The Bertz CT molecular complexity index is 566. The van der Waals surface area contributed by atoms with Gasteiger partial charge in [-0.05, 0) is 45.5 Å². The van der Waals surface area contributed by atoms with Gasteiger partial charge in [0.25, 0.3) is 0 Å². The molecular formula is C23H36N3+. The molecule has 1 aliphatic heterocycles. The second-order valence-corrected chi connectivity index (χ2v) is 6.96. The Morgan fingerprint density at radius 3 is 1.81 bits per heavy atom. The minimum absolute atomic E-state index is 0.292. The Hall–Kier alpha value is -2.31. The van der Waals surface area contributed by atoms with Crippen LogP contribution in [0.2, 0.25) is 0 Å². The van der Waals surface area contributed by atoms with Crippen molar-refractivity contribution in [3.63, 3.8) is 0 Å². The highest BCUT2D eigenvalue weighted by atomic mass is 15.5. The normalized spacial score (nSPS) is 14.2. The third kappa shape index (κ3) is 13.0. The molecule has 1 aliphatic carbocycles. The number of benzene rings is 1. The SMILES string of the molecule is C1CCCC1.C=C.C=C/C(=C/c1ccccc1)N1C#[N+]1.CNC(C)(C)C. The number of nitrogens with zero attached hydrogens (tertiary/aromatic N) is 2. The van der Waals surface area contributed by atoms with Crippen LogP contribution in [0.5, 0.6) is 0 Å². The van der Waals surface area contributed by atoms with E-state index in [0.29, 0.717) is 5.54 Å². The van der Waals surface area contributed by atoms with E-state index in [1.54, 1.807) is 11.1 Å². The molecule has 1 fully saturated rings. The third-order valence-corrected chi connectivity index (χ3v) is 3.77. The predicted octanol–water partition coefficient (Wildman–Crippen LogP) is 6.49. The van der Waals surface area contributed by atoms with Gasteiger partial charge in [-0.1, -0.05) is 69.0 Å². The molecule has 0 amide bonds. The summed E-state index contributed by atoms with van der Waals surface area (Å²) in [5, 5.41) is 4.77. The van der Waals surface area contributed by atoms with Crippen LogP contribution in [0.4, 0.5) is 0 Å². The Morgan fingerprint density at radius 2 is 1.50 bits per heavy atom. The number of hydrogen-bond acceptors (Lipinski definition) is 2. The minimum Gasteiger partial charge on any atom is -0.315 e. The second kappa shape index (κ2) is 13.9. The molecule has 0 saturated heterocycles. The number of rotatable bonds is 3. The van der Waals surface area contributed by atoms with Crippen molar-refractivity contribution in [3.8, 4) is 6.19 Å². The summed E-state index contributed by atoms with van der Waals surface area (Å²) < 4.78 is 0. The molecule has 1 aromatic carbocycles. The summed E-state index contributed by atoms with van der Waals surface area (Å²) in [5.74, 6) is 0. The van der Waals surface area contributed by atoms with Crippen LogP contribution < -0.4 is 5.32 Å². The first-order valence-corrected chi connectivity index (χ1v) is 9.31. The van der Waals surface area contributed by atoms with Gasteiger partial charge < -0.3 is 5.32 Å². The van der Waals surface area contributed by atoms with E-state index in [1.807, 2.05) is 43.5 Å². The van der Waals surface area contributed by atoms with E-state index < -0.39 is 0 Å². The summed E-state index contributed by atoms with van der Waals surface area (Å²) in [6.07, 6.45) is 14.0. The molecule has 0 unspecified atom stereocenters. The lowest BCUT2D eigenvalue weighted by atomic mass is 10.1. The largest absolute Gasteiger partial charge is 0.500 e. The van der Waals surface area contributed by atoms with Crippen LogP contribution in [0.1, 0.15) is 58.4 Å². The van der Waals surface area contributed by atoms with E-state index in [0.717, 1.165) is 11.3 Å². The van der Waals surface area contributed by atoms with E-state index in [2.05, 4.69) is 57.0 Å². The Labute approximate surface area is 160 Å². The molecule has 3 heteroatoms. The van der Waals surface area contributed by atoms with Gasteiger partial charge in [0.2, 0.25) is 5.70 Å². The van der Waals surface area contributed by atoms with Crippen LogP contribution in [-0.4, -0.2) is 17.6 Å². The fourth-order valence-electron chi connectivity index (χ4n) is 1.95. The van der Waals surface area contributed by atoms with E-state index in [9.17, 15) is 0 Å². The first-order chi connectivity index (χ1) is 12.5. The highest BCUT2D eigenvalue weighted by Crippen LogP contribution is 2.17. The molecule has 0 radical (unpaired) electrons. The van der Waals surface area contributed by atoms with E-state index in [4.69, 9.17) is 0 Å². The lowest BCUT2D eigenvalue weighted by Gasteiger charge is -2.15. The predicted molar refractivity (Wildman–Crippen MR) is 117 cm³/mol. The average Bonchev–Trinajstić information content (AvgIpc) is 3.32. The first-order valence-electron chi connectivity index (χ1n) is 9.31. The van der Waals surface area contributed by atoms with Crippen LogP contribution in [0.3, 0.4) is 0 Å². The molecule has 26 heavy (non-hydrogen) atoms. The van der Waals surface area contributed by atoms with Crippen LogP contribution in [0.15, 0.2) is 61.8 Å². The smallest absolute Gasteiger partial charge is 0.315 e. The van der Waals surface area contributed by atoms with Gasteiger partial charge in [0.1, 0.15) is 5.01 Å². The maximum absolute atomic E-state index is 3.81. The van der Waals surface area contributed by atoms with Gasteiger partial charge >= 0.3 is 6.19 Å². The van der Waals surface area contributed by atoms with E-state index in [1.165, 1.54) is 32.1 Å². The highest BCUT2D eigenvalue weighted by Gasteiger charge is 2.29. The zero-order valence-corrected chi connectivity index (χ0v) is 17.1. The van der Waals surface area contributed by atoms with Crippen molar-refractivity contribution in [2.45, 2.75) is 58.4 Å². The molecule has 1 heterocycles. The number of allylic oxidation sites excluding steroid dienone is 1. The number of hydrogen-bond donors (Lipinski definition) is 1. The molecule has 1 saturated carbocycles. The lowest BCUT2D eigenvalue weighted by molar-refractivity contribution is 0.469. The third-order valence-electron chi connectivity index (χ3n) is 3.77. The minimum atomic E-state index is 0.292. The zero-order valence-electron chi connectivity index (χ0n) is 17.1. The second-order valence-electron chi connectivity index (χ2n) is 6.96. The standard InChI is InChI=1S/C11H9N2.C5H13N.C5H10.C2H4/c1-2-11(13-9-12-13)8-10-6-4-3-5-7-10;1-5(2,3)6-4;1-2-4-5-3-1;1-2/h2-8H,1H2;6H,1-4H3;1-5H2;1-2H2/q+1;;;/b11-8-;;;. The summed E-state index contributed by atoms with van der Waals surface area (Å²) in [7, 11) is 1.96. The topological polar surface area (TPSA) is 19.4 Å². The first kappa shape index (κ1) is 23.7. The summed E-state index contributed by atoms with van der Waals surface area (Å²) in [6.45, 7) is 16.1. The van der Waals surface area contributed by atoms with Crippen molar-refractivity contribution in [3.05, 3.63) is 72.4 Å². The molecule has 3 rings (SSSR count). The van der Waals surface area contributed by atoms with Gasteiger partial charge in [-0.2, -0.15) is 0 Å². The summed E-state index contributed by atoms with van der Waals surface area (Å²) in [6, 6.07) is 10.1. The van der Waals surface area contributed by atoms with Gasteiger partial charge in [-0.15, -0.1) is 13.2 Å². The maximum Gasteiger partial charge on any atom is 0.500 e. The summed E-state index contributed by atoms with van der Waals surface area (Å²) in [5.41, 5.74) is 2.38. The highest BCUT2D eigenvalue weighted by molar-refractivity contribution is 5.56. The fourth-order valence-corrected chi connectivity index (χ4v) is 1.95. The van der Waals surface area contributed by atoms with Crippen LogP contribution in [0, 0.1) is 6.19 Å². The van der Waals surface area contributed by atoms with Crippen LogP contribution >= 0.6 is 0 Å².